The highest BCUT2D eigenvalue weighted by Crippen LogP contribution is 2.16. The van der Waals surface area contributed by atoms with Crippen molar-refractivity contribution in [1.82, 2.24) is 4.83 Å². The molecule has 2 rings (SSSR count). The minimum atomic E-state index is -3.63. The summed E-state index contributed by atoms with van der Waals surface area (Å²) in [6, 6.07) is 14.6. The van der Waals surface area contributed by atoms with Crippen LogP contribution in [-0.4, -0.2) is 14.6 Å². The lowest BCUT2D eigenvalue weighted by Crippen LogP contribution is -2.19. The predicted molar refractivity (Wildman–Crippen MR) is 80.3 cm³/mol. The number of aryl methyl sites for hydroxylation is 2. The Hall–Kier alpha value is -2.14. The molecule has 0 fully saturated rings. The molecule has 0 spiro atoms. The Morgan fingerprint density at radius 3 is 2.45 bits per heavy atom. The van der Waals surface area contributed by atoms with E-state index in [1.165, 1.54) is 6.21 Å². The fraction of sp³-hybridized carbons (Fsp3) is 0.133. The minimum Gasteiger partial charge on any atom is -0.200 e. The van der Waals surface area contributed by atoms with E-state index >= 15 is 0 Å². The molecule has 0 aliphatic carbocycles. The zero-order valence-electron chi connectivity index (χ0n) is 11.4. The SMILES string of the molecule is Cc1ccc(C)c(S(=O)(=O)N/N=C/c2ccccc2)c1. The van der Waals surface area contributed by atoms with Crippen molar-refractivity contribution < 1.29 is 8.42 Å². The molecule has 0 radical (unpaired) electrons. The molecule has 0 saturated heterocycles. The van der Waals surface area contributed by atoms with Crippen LogP contribution in [0.25, 0.3) is 0 Å². The Kier molecular flexibility index (Phi) is 4.20. The summed E-state index contributed by atoms with van der Waals surface area (Å²) in [6.07, 6.45) is 1.47. The molecule has 5 heteroatoms. The number of hydrogen-bond acceptors (Lipinski definition) is 3. The molecular weight excluding hydrogens is 272 g/mol. The molecule has 0 aliphatic heterocycles. The average molecular weight is 288 g/mol. The van der Waals surface area contributed by atoms with E-state index in [4.69, 9.17) is 0 Å². The molecule has 0 bridgehead atoms. The Labute approximate surface area is 119 Å². The summed E-state index contributed by atoms with van der Waals surface area (Å²) in [4.78, 5) is 2.49. The van der Waals surface area contributed by atoms with Crippen LogP contribution >= 0.6 is 0 Å². The van der Waals surface area contributed by atoms with E-state index in [-0.39, 0.29) is 4.90 Å². The van der Waals surface area contributed by atoms with Crippen molar-refractivity contribution in [2.24, 2.45) is 5.10 Å². The monoisotopic (exact) mass is 288 g/mol. The maximum atomic E-state index is 12.2. The molecule has 2 aromatic carbocycles. The molecule has 0 amide bonds. The van der Waals surface area contributed by atoms with Crippen LogP contribution in [0.3, 0.4) is 0 Å². The molecule has 0 heterocycles. The van der Waals surface area contributed by atoms with Gasteiger partial charge in [0.05, 0.1) is 11.1 Å². The Bertz CT molecular complexity index is 723. The highest BCUT2D eigenvalue weighted by Gasteiger charge is 2.15. The second kappa shape index (κ2) is 5.88. The summed E-state index contributed by atoms with van der Waals surface area (Å²) in [5, 5.41) is 3.80. The fourth-order valence-electron chi connectivity index (χ4n) is 1.76. The summed E-state index contributed by atoms with van der Waals surface area (Å²) in [6.45, 7) is 3.61. The van der Waals surface area contributed by atoms with Gasteiger partial charge in [0.25, 0.3) is 10.0 Å². The van der Waals surface area contributed by atoms with Crippen molar-refractivity contribution in [2.75, 3.05) is 0 Å². The van der Waals surface area contributed by atoms with Crippen molar-refractivity contribution >= 4 is 16.2 Å². The van der Waals surface area contributed by atoms with Crippen LogP contribution < -0.4 is 4.83 Å². The first-order chi connectivity index (χ1) is 9.49. The van der Waals surface area contributed by atoms with E-state index < -0.39 is 10.0 Å². The molecule has 0 atom stereocenters. The van der Waals surface area contributed by atoms with Crippen molar-refractivity contribution in [1.29, 1.82) is 0 Å². The van der Waals surface area contributed by atoms with Crippen LogP contribution in [0.15, 0.2) is 58.5 Å². The van der Waals surface area contributed by atoms with Gasteiger partial charge in [-0.2, -0.15) is 13.5 Å². The highest BCUT2D eigenvalue weighted by atomic mass is 32.2. The third kappa shape index (κ3) is 3.45. The summed E-state index contributed by atoms with van der Waals surface area (Å²) in [7, 11) is -3.63. The second-order valence-corrected chi connectivity index (χ2v) is 6.16. The summed E-state index contributed by atoms with van der Waals surface area (Å²) in [5.74, 6) is 0. The summed E-state index contributed by atoms with van der Waals surface area (Å²) in [5.41, 5.74) is 2.41. The van der Waals surface area contributed by atoms with Gasteiger partial charge in [-0.25, -0.2) is 4.83 Å². The topological polar surface area (TPSA) is 58.5 Å². The van der Waals surface area contributed by atoms with Crippen LogP contribution in [0.2, 0.25) is 0 Å². The number of rotatable bonds is 4. The molecule has 0 aromatic heterocycles. The lowest BCUT2D eigenvalue weighted by molar-refractivity contribution is 0.584. The first-order valence-corrected chi connectivity index (χ1v) is 7.64. The molecule has 0 saturated carbocycles. The van der Waals surface area contributed by atoms with Crippen LogP contribution in [0.4, 0.5) is 0 Å². The maximum absolute atomic E-state index is 12.2. The van der Waals surface area contributed by atoms with E-state index in [1.54, 1.807) is 19.1 Å². The number of sulfonamides is 1. The molecule has 0 unspecified atom stereocenters. The van der Waals surface area contributed by atoms with Gasteiger partial charge in [-0.1, -0.05) is 42.5 Å². The maximum Gasteiger partial charge on any atom is 0.276 e. The van der Waals surface area contributed by atoms with Gasteiger partial charge in [-0.15, -0.1) is 0 Å². The van der Waals surface area contributed by atoms with Gasteiger partial charge in [0, 0.05) is 0 Å². The van der Waals surface area contributed by atoms with Crippen molar-refractivity contribution in [2.45, 2.75) is 18.7 Å². The third-order valence-electron chi connectivity index (χ3n) is 2.82. The van der Waals surface area contributed by atoms with E-state index in [2.05, 4.69) is 9.93 Å². The van der Waals surface area contributed by atoms with Gasteiger partial charge in [0.1, 0.15) is 0 Å². The Morgan fingerprint density at radius 1 is 1.05 bits per heavy atom. The van der Waals surface area contributed by atoms with E-state index in [1.807, 2.05) is 43.3 Å². The Morgan fingerprint density at radius 2 is 1.75 bits per heavy atom. The lowest BCUT2D eigenvalue weighted by Gasteiger charge is -2.07. The van der Waals surface area contributed by atoms with Crippen molar-refractivity contribution in [3.05, 3.63) is 65.2 Å². The standard InChI is InChI=1S/C15H16N2O2S/c1-12-8-9-13(2)15(10-12)20(18,19)17-16-11-14-6-4-3-5-7-14/h3-11,17H,1-2H3/b16-11+. The van der Waals surface area contributed by atoms with Gasteiger partial charge < -0.3 is 0 Å². The van der Waals surface area contributed by atoms with Gasteiger partial charge in [0.2, 0.25) is 0 Å². The third-order valence-corrected chi connectivity index (χ3v) is 4.18. The van der Waals surface area contributed by atoms with E-state index in [9.17, 15) is 8.42 Å². The van der Waals surface area contributed by atoms with Crippen LogP contribution in [0.1, 0.15) is 16.7 Å². The first-order valence-electron chi connectivity index (χ1n) is 6.16. The molecule has 1 N–H and O–H groups in total. The van der Waals surface area contributed by atoms with E-state index in [0.717, 1.165) is 11.1 Å². The van der Waals surface area contributed by atoms with Gasteiger partial charge >= 0.3 is 0 Å². The molecule has 0 aliphatic rings. The van der Waals surface area contributed by atoms with Crippen LogP contribution in [0.5, 0.6) is 0 Å². The van der Waals surface area contributed by atoms with Gasteiger partial charge in [-0.3, -0.25) is 0 Å². The number of nitrogens with one attached hydrogen (secondary N) is 1. The number of benzene rings is 2. The Balaban J connectivity index is 2.20. The summed E-state index contributed by atoms with van der Waals surface area (Å²) >= 11 is 0. The first kappa shape index (κ1) is 14.3. The second-order valence-electron chi connectivity index (χ2n) is 4.53. The quantitative estimate of drug-likeness (QED) is 0.694. The lowest BCUT2D eigenvalue weighted by atomic mass is 10.2. The molecule has 104 valence electrons. The normalized spacial score (nSPS) is 11.7. The molecule has 4 nitrogen and oxygen atoms in total. The van der Waals surface area contributed by atoms with Gasteiger partial charge in [-0.05, 0) is 36.6 Å². The van der Waals surface area contributed by atoms with Crippen LogP contribution in [0, 0.1) is 13.8 Å². The average Bonchev–Trinajstić information content (AvgIpc) is 2.42. The minimum absolute atomic E-state index is 0.253. The van der Waals surface area contributed by atoms with Crippen LogP contribution in [-0.2, 0) is 10.0 Å². The number of hydrogen-bond donors (Lipinski definition) is 1. The van der Waals surface area contributed by atoms with Crippen molar-refractivity contribution in [3.63, 3.8) is 0 Å². The van der Waals surface area contributed by atoms with Crippen molar-refractivity contribution in [3.8, 4) is 0 Å². The largest absolute Gasteiger partial charge is 0.276 e. The molecule has 20 heavy (non-hydrogen) atoms. The number of hydrazone groups is 1. The molecule has 2 aromatic rings. The zero-order valence-corrected chi connectivity index (χ0v) is 12.2. The zero-order chi connectivity index (χ0) is 14.6. The van der Waals surface area contributed by atoms with Gasteiger partial charge in [0.15, 0.2) is 0 Å². The predicted octanol–water partition coefficient (Wildman–Crippen LogP) is 2.62. The summed E-state index contributed by atoms with van der Waals surface area (Å²) < 4.78 is 24.3. The fourth-order valence-corrected chi connectivity index (χ4v) is 2.88. The highest BCUT2D eigenvalue weighted by molar-refractivity contribution is 7.89. The number of nitrogens with zero attached hydrogens (tertiary/aromatic N) is 1. The molecular formula is C15H16N2O2S. The van der Waals surface area contributed by atoms with E-state index in [0.29, 0.717) is 5.56 Å². The smallest absolute Gasteiger partial charge is 0.200 e.